The molecule has 0 amide bonds. The van der Waals surface area contributed by atoms with E-state index in [9.17, 15) is 24.9 Å². The molecule has 7 fully saturated rings. The summed E-state index contributed by atoms with van der Waals surface area (Å²) in [5, 5.41) is 40.6. The number of hydrogen-bond donors (Lipinski definition) is 3. The average molecular weight is 955 g/mol. The Morgan fingerprint density at radius 3 is 2.37 bits per heavy atom. The second-order valence-corrected chi connectivity index (χ2v) is 26.2. The highest BCUT2D eigenvalue weighted by Gasteiger charge is 2.76. The number of fused-ring (bicyclic) bond motifs is 2. The Balaban J connectivity index is 0.962. The number of aryl methyl sites for hydroxylation is 2. The van der Waals surface area contributed by atoms with Gasteiger partial charge in [-0.3, -0.25) is 4.79 Å². The van der Waals surface area contributed by atoms with E-state index in [0.717, 1.165) is 62.4 Å². The highest BCUT2D eigenvalue weighted by atomic mass is 16.5. The van der Waals surface area contributed by atoms with Gasteiger partial charge in [0.05, 0.1) is 23.2 Å². The molecule has 70 heavy (non-hydrogen) atoms. The van der Waals surface area contributed by atoms with Crippen LogP contribution in [0.5, 0.6) is 0 Å². The SMILES string of the molecule is CC(=O)OC1CC(C)C(O)(CCC2=CC(=O)OC2)C2(C(O)CCC(C)CCCc3ccccc3)C(O)CCC(C)(C3CCC45CC3C=C3CC6CCCC67CCC(C7)(C(CCc6ccccc6)C4)C35)C12. The zero-order chi connectivity index (χ0) is 48.7. The lowest BCUT2D eigenvalue weighted by molar-refractivity contribution is -0.329. The minimum atomic E-state index is -1.51. The summed E-state index contributed by atoms with van der Waals surface area (Å²) < 4.78 is 12.0. The number of benzene rings is 2. The van der Waals surface area contributed by atoms with Crippen molar-refractivity contribution in [1.82, 2.24) is 0 Å². The molecule has 7 nitrogen and oxygen atoms in total. The molecule has 17 atom stereocenters. The minimum Gasteiger partial charge on any atom is -0.462 e. The fraction of sp³-hybridized carbons (Fsp3) is 0.714. The third-order valence-corrected chi connectivity index (χ3v) is 23.0. The third kappa shape index (κ3) is 7.88. The van der Waals surface area contributed by atoms with Crippen LogP contribution in [0.4, 0.5) is 0 Å². The van der Waals surface area contributed by atoms with Crippen LogP contribution < -0.4 is 0 Å². The first-order valence-corrected chi connectivity index (χ1v) is 28.6. The highest BCUT2D eigenvalue weighted by molar-refractivity contribution is 5.85. The normalized spacial score (nSPS) is 43.2. The number of carbonyl (C=O) groups is 2. The summed E-state index contributed by atoms with van der Waals surface area (Å²) >= 11 is 0. The molecule has 7 heteroatoms. The second kappa shape index (κ2) is 18.6. The van der Waals surface area contributed by atoms with E-state index in [1.54, 1.807) is 11.6 Å². The lowest BCUT2D eigenvalue weighted by Gasteiger charge is -2.71. The molecule has 0 aromatic heterocycles. The summed E-state index contributed by atoms with van der Waals surface area (Å²) in [6.07, 6.45) is 25.5. The fourth-order valence-corrected chi connectivity index (χ4v) is 20.4. The van der Waals surface area contributed by atoms with E-state index in [0.29, 0.717) is 59.7 Å². The monoisotopic (exact) mass is 955 g/mol. The van der Waals surface area contributed by atoms with Crippen molar-refractivity contribution >= 4 is 11.9 Å². The number of cyclic esters (lactones) is 1. The van der Waals surface area contributed by atoms with Gasteiger partial charge in [0.15, 0.2) is 0 Å². The molecule has 0 saturated heterocycles. The van der Waals surface area contributed by atoms with Gasteiger partial charge in [-0.2, -0.15) is 0 Å². The molecule has 11 rings (SSSR count). The smallest absolute Gasteiger partial charge is 0.331 e. The van der Waals surface area contributed by atoms with Gasteiger partial charge >= 0.3 is 11.9 Å². The molecule has 8 aliphatic carbocycles. The first kappa shape index (κ1) is 49.0. The van der Waals surface area contributed by atoms with Gasteiger partial charge in [0.2, 0.25) is 0 Å². The fourth-order valence-electron chi connectivity index (χ4n) is 20.4. The molecule has 1 aliphatic heterocycles. The van der Waals surface area contributed by atoms with Gasteiger partial charge in [-0.25, -0.2) is 4.79 Å². The molecule has 2 aromatic rings. The van der Waals surface area contributed by atoms with E-state index in [-0.39, 0.29) is 30.9 Å². The molecule has 3 spiro atoms. The van der Waals surface area contributed by atoms with Crippen molar-refractivity contribution in [2.24, 2.45) is 74.4 Å². The van der Waals surface area contributed by atoms with E-state index < -0.39 is 46.6 Å². The molecule has 2 aromatic carbocycles. The Bertz CT molecular complexity index is 2310. The molecule has 4 bridgehead atoms. The van der Waals surface area contributed by atoms with Gasteiger partial charge in [-0.15, -0.1) is 0 Å². The van der Waals surface area contributed by atoms with Crippen LogP contribution in [0, 0.1) is 74.4 Å². The predicted octanol–water partition coefficient (Wildman–Crippen LogP) is 12.5. The van der Waals surface area contributed by atoms with Gasteiger partial charge in [-0.05, 0) is 215 Å². The van der Waals surface area contributed by atoms with Crippen molar-refractivity contribution in [1.29, 1.82) is 0 Å². The number of aliphatic hydroxyl groups excluding tert-OH is 2. The van der Waals surface area contributed by atoms with Gasteiger partial charge in [-0.1, -0.05) is 106 Å². The summed E-state index contributed by atoms with van der Waals surface area (Å²) in [7, 11) is 0. The average Bonchev–Trinajstić information content (AvgIpc) is 4.09. The Hall–Kier alpha value is -3.26. The summed E-state index contributed by atoms with van der Waals surface area (Å²) in [6, 6.07) is 21.9. The minimum absolute atomic E-state index is 0.205. The lowest BCUT2D eigenvalue weighted by atomic mass is 9.36. The summed E-state index contributed by atoms with van der Waals surface area (Å²) in [5.74, 6) is 1.59. The van der Waals surface area contributed by atoms with Crippen molar-refractivity contribution in [3.05, 3.63) is 95.1 Å². The lowest BCUT2D eigenvalue weighted by Crippen LogP contribution is -2.77. The van der Waals surface area contributed by atoms with Gasteiger partial charge in [0, 0.05) is 18.9 Å². The zero-order valence-corrected chi connectivity index (χ0v) is 43.2. The third-order valence-electron chi connectivity index (χ3n) is 23.0. The van der Waals surface area contributed by atoms with E-state index >= 15 is 0 Å². The topological polar surface area (TPSA) is 113 Å². The second-order valence-electron chi connectivity index (χ2n) is 26.2. The number of carbonyl (C=O) groups excluding carboxylic acids is 2. The van der Waals surface area contributed by atoms with Crippen molar-refractivity contribution in [2.75, 3.05) is 6.61 Å². The maximum absolute atomic E-state index is 14.0. The quantitative estimate of drug-likeness (QED) is 0.113. The van der Waals surface area contributed by atoms with Crippen LogP contribution in [0.3, 0.4) is 0 Å². The number of esters is 2. The molecule has 0 radical (unpaired) electrons. The van der Waals surface area contributed by atoms with Crippen molar-refractivity contribution in [3.8, 4) is 0 Å². The van der Waals surface area contributed by atoms with E-state index in [4.69, 9.17) is 9.47 Å². The van der Waals surface area contributed by atoms with E-state index in [1.165, 1.54) is 88.7 Å². The first-order valence-electron chi connectivity index (χ1n) is 28.6. The maximum atomic E-state index is 14.0. The van der Waals surface area contributed by atoms with Crippen molar-refractivity contribution in [2.45, 2.75) is 199 Å². The Morgan fingerprint density at radius 2 is 1.64 bits per heavy atom. The molecule has 3 N–H and O–H groups in total. The van der Waals surface area contributed by atoms with Crippen LogP contribution in [-0.4, -0.2) is 57.8 Å². The number of aliphatic hydroxyl groups is 3. The largest absolute Gasteiger partial charge is 0.462 e. The first-order chi connectivity index (χ1) is 33.6. The zero-order valence-electron chi connectivity index (χ0n) is 43.2. The van der Waals surface area contributed by atoms with E-state index in [1.807, 2.05) is 6.92 Å². The van der Waals surface area contributed by atoms with Crippen LogP contribution in [0.2, 0.25) is 0 Å². The van der Waals surface area contributed by atoms with Crippen LogP contribution in [0.1, 0.15) is 174 Å². The van der Waals surface area contributed by atoms with Crippen LogP contribution >= 0.6 is 0 Å². The van der Waals surface area contributed by atoms with Crippen LogP contribution in [0.15, 0.2) is 84.0 Å². The predicted molar refractivity (Wildman–Crippen MR) is 274 cm³/mol. The molecule has 380 valence electrons. The Labute approximate surface area is 420 Å². The van der Waals surface area contributed by atoms with Crippen LogP contribution in [-0.2, 0) is 31.9 Å². The Kier molecular flexibility index (Phi) is 13.0. The Morgan fingerprint density at radius 1 is 0.886 bits per heavy atom. The number of ether oxygens (including phenoxy) is 2. The van der Waals surface area contributed by atoms with Crippen molar-refractivity contribution in [3.63, 3.8) is 0 Å². The van der Waals surface area contributed by atoms with Gasteiger partial charge in [0.1, 0.15) is 12.7 Å². The molecule has 1 heterocycles. The van der Waals surface area contributed by atoms with Gasteiger partial charge in [0.25, 0.3) is 0 Å². The number of allylic oxidation sites excluding steroid dienone is 2. The summed E-state index contributed by atoms with van der Waals surface area (Å²) in [4.78, 5) is 25.8. The molecule has 9 aliphatic rings. The van der Waals surface area contributed by atoms with Crippen molar-refractivity contribution < 1.29 is 34.4 Å². The molecule has 7 saturated carbocycles. The highest BCUT2D eigenvalue weighted by Crippen LogP contribution is 2.81. The summed E-state index contributed by atoms with van der Waals surface area (Å²) in [6.45, 7) is 8.49. The number of hydrogen-bond acceptors (Lipinski definition) is 7. The molecule has 17 unspecified atom stereocenters. The van der Waals surface area contributed by atoms with E-state index in [2.05, 4.69) is 80.6 Å². The van der Waals surface area contributed by atoms with Gasteiger partial charge < -0.3 is 24.8 Å². The molecular weight excluding hydrogens is 869 g/mol. The standard InChI is InChI=1S/C63H86O7/c1-41(13-11-18-44-14-7-5-8-15-44)20-23-53(65)63-54(66)26-28-58(4,57(63)52(70-43(3)64)33-42(2)62(63,68)30-24-46-34-55(67)69-39-46)51-25-29-60-37-48(51)35-47-36-49-19-12-27-59(49)31-32-61(40-59,56(47)60)50(38-60)22-21-45-16-9-6-10-17-45/h5-10,14-17,34-35,41-42,48-54,56-57,65-66,68H,11-13,18-33,36-40H2,1-4H3. The summed E-state index contributed by atoms with van der Waals surface area (Å²) in [5.41, 5.74) is 3.33. The number of rotatable bonds is 16. The molecular formula is C63H86O7. The maximum Gasteiger partial charge on any atom is 0.331 e. The van der Waals surface area contributed by atoms with Crippen LogP contribution in [0.25, 0.3) is 0 Å².